The Kier molecular flexibility index (Phi) is 4.64. The number of hydrogen-bond donors (Lipinski definition) is 2. The van der Waals surface area contributed by atoms with Gasteiger partial charge in [-0.05, 0) is 37.0 Å². The number of aromatic nitrogens is 2. The molecule has 6 heteroatoms. The lowest BCUT2D eigenvalue weighted by Crippen LogP contribution is -2.32. The minimum absolute atomic E-state index is 0.0465. The molecule has 2 aromatic rings. The third kappa shape index (κ3) is 3.64. The highest BCUT2D eigenvalue weighted by Crippen LogP contribution is 2.29. The lowest BCUT2D eigenvalue weighted by atomic mass is 9.92. The molecule has 2 N–H and O–H groups in total. The van der Waals surface area contributed by atoms with Crippen molar-refractivity contribution in [2.24, 2.45) is 0 Å². The number of nitrogens with one attached hydrogen (secondary N) is 1. The Labute approximate surface area is 141 Å². The van der Waals surface area contributed by atoms with Gasteiger partial charge < -0.3 is 15.3 Å². The summed E-state index contributed by atoms with van der Waals surface area (Å²) in [4.78, 5) is 23.2. The Morgan fingerprint density at radius 1 is 1.42 bits per heavy atom. The number of benzene rings is 1. The number of nitrogens with zero attached hydrogens (tertiary/aromatic N) is 3. The van der Waals surface area contributed by atoms with Crippen molar-refractivity contribution < 1.29 is 9.90 Å². The smallest absolute Gasteiger partial charge is 0.225 e. The van der Waals surface area contributed by atoms with Crippen LogP contribution in [0.3, 0.4) is 0 Å². The van der Waals surface area contributed by atoms with Crippen LogP contribution in [0.5, 0.6) is 5.75 Å². The molecule has 1 amide bonds. The molecular weight excluding hydrogens is 304 g/mol. The monoisotopic (exact) mass is 326 g/mol. The number of fused-ring (bicyclic) bond motifs is 1. The largest absolute Gasteiger partial charge is 0.508 e. The first-order valence-corrected chi connectivity index (χ1v) is 8.13. The summed E-state index contributed by atoms with van der Waals surface area (Å²) < 4.78 is 0. The number of carbonyl (C=O) groups is 1. The topological polar surface area (TPSA) is 78.4 Å². The number of carbonyl (C=O) groups excluding carboxylic acids is 1. The Bertz CT molecular complexity index is 746. The van der Waals surface area contributed by atoms with Crippen LogP contribution in [0.15, 0.2) is 30.5 Å². The van der Waals surface area contributed by atoms with E-state index in [1.807, 2.05) is 31.3 Å². The fraction of sp³-hybridized carbons (Fsp3) is 0.389. The quantitative estimate of drug-likeness (QED) is 0.898. The molecule has 1 aliphatic carbocycles. The van der Waals surface area contributed by atoms with Crippen molar-refractivity contribution in [1.82, 2.24) is 15.3 Å². The van der Waals surface area contributed by atoms with Gasteiger partial charge in [0.1, 0.15) is 5.75 Å². The van der Waals surface area contributed by atoms with Crippen molar-refractivity contribution in [1.29, 1.82) is 0 Å². The van der Waals surface area contributed by atoms with E-state index in [1.165, 1.54) is 0 Å². The Morgan fingerprint density at radius 3 is 3.00 bits per heavy atom. The second-order valence-corrected chi connectivity index (χ2v) is 6.33. The van der Waals surface area contributed by atoms with E-state index in [2.05, 4.69) is 15.3 Å². The van der Waals surface area contributed by atoms with Gasteiger partial charge in [0.05, 0.1) is 18.2 Å². The van der Waals surface area contributed by atoms with Crippen molar-refractivity contribution >= 4 is 11.9 Å². The molecule has 1 atom stereocenters. The fourth-order valence-electron chi connectivity index (χ4n) is 3.00. The standard InChI is InChI=1S/C18H22N4O2/c1-22(2)18-19-11-14-15(7-4-8-16(14)21-18)20-17(24)10-12-5-3-6-13(23)9-12/h3,5-6,9,11,15,23H,4,7-8,10H2,1-2H3,(H,20,24). The summed E-state index contributed by atoms with van der Waals surface area (Å²) in [6.07, 6.45) is 4.88. The van der Waals surface area contributed by atoms with Gasteiger partial charge in [-0.15, -0.1) is 0 Å². The SMILES string of the molecule is CN(C)c1ncc2c(n1)CCCC2NC(=O)Cc1cccc(O)c1. The molecule has 1 aromatic heterocycles. The van der Waals surface area contributed by atoms with Gasteiger partial charge >= 0.3 is 0 Å². The first-order valence-electron chi connectivity index (χ1n) is 8.13. The molecule has 6 nitrogen and oxygen atoms in total. The lowest BCUT2D eigenvalue weighted by molar-refractivity contribution is -0.121. The fourth-order valence-corrected chi connectivity index (χ4v) is 3.00. The van der Waals surface area contributed by atoms with Crippen molar-refractivity contribution in [3.05, 3.63) is 47.3 Å². The van der Waals surface area contributed by atoms with Crippen LogP contribution in [-0.4, -0.2) is 35.1 Å². The summed E-state index contributed by atoms with van der Waals surface area (Å²) in [7, 11) is 3.83. The zero-order chi connectivity index (χ0) is 17.1. The van der Waals surface area contributed by atoms with Crippen LogP contribution in [0.25, 0.3) is 0 Å². The van der Waals surface area contributed by atoms with E-state index in [4.69, 9.17) is 0 Å². The predicted octanol–water partition coefficient (Wildman–Crippen LogP) is 1.98. The summed E-state index contributed by atoms with van der Waals surface area (Å²) >= 11 is 0. The molecule has 3 rings (SSSR count). The molecule has 0 saturated carbocycles. The highest BCUT2D eigenvalue weighted by atomic mass is 16.3. The highest BCUT2D eigenvalue weighted by Gasteiger charge is 2.24. The van der Waals surface area contributed by atoms with E-state index in [-0.39, 0.29) is 24.1 Å². The number of amides is 1. The van der Waals surface area contributed by atoms with E-state index >= 15 is 0 Å². The molecule has 0 bridgehead atoms. The number of aryl methyl sites for hydroxylation is 1. The molecule has 1 heterocycles. The van der Waals surface area contributed by atoms with E-state index < -0.39 is 0 Å². The third-order valence-electron chi connectivity index (χ3n) is 4.18. The average Bonchev–Trinajstić information content (AvgIpc) is 2.54. The van der Waals surface area contributed by atoms with Crippen LogP contribution in [0.1, 0.15) is 35.7 Å². The minimum atomic E-state index is -0.0601. The molecule has 24 heavy (non-hydrogen) atoms. The summed E-state index contributed by atoms with van der Waals surface area (Å²) in [6.45, 7) is 0. The second kappa shape index (κ2) is 6.86. The molecule has 1 aliphatic rings. The molecule has 0 fully saturated rings. The van der Waals surface area contributed by atoms with Gasteiger partial charge in [0.15, 0.2) is 0 Å². The van der Waals surface area contributed by atoms with Crippen LogP contribution in [0.4, 0.5) is 5.95 Å². The van der Waals surface area contributed by atoms with E-state index in [0.717, 1.165) is 36.1 Å². The molecule has 0 spiro atoms. The number of phenolic OH excluding ortho intramolecular Hbond substituents is 1. The van der Waals surface area contributed by atoms with Crippen molar-refractivity contribution in [2.45, 2.75) is 31.7 Å². The highest BCUT2D eigenvalue weighted by molar-refractivity contribution is 5.79. The van der Waals surface area contributed by atoms with Gasteiger partial charge in [-0.3, -0.25) is 4.79 Å². The third-order valence-corrected chi connectivity index (χ3v) is 4.18. The average molecular weight is 326 g/mol. The van der Waals surface area contributed by atoms with Crippen LogP contribution < -0.4 is 10.2 Å². The molecule has 1 unspecified atom stereocenters. The van der Waals surface area contributed by atoms with Gasteiger partial charge in [-0.2, -0.15) is 0 Å². The lowest BCUT2D eigenvalue weighted by Gasteiger charge is -2.26. The zero-order valence-electron chi connectivity index (χ0n) is 14.0. The van der Waals surface area contributed by atoms with Crippen LogP contribution in [-0.2, 0) is 17.6 Å². The summed E-state index contributed by atoms with van der Waals surface area (Å²) in [5.41, 5.74) is 2.82. The van der Waals surface area contributed by atoms with Gasteiger partial charge in [-0.1, -0.05) is 12.1 Å². The van der Waals surface area contributed by atoms with Crippen LogP contribution in [0.2, 0.25) is 0 Å². The van der Waals surface area contributed by atoms with E-state index in [1.54, 1.807) is 18.2 Å². The van der Waals surface area contributed by atoms with Crippen LogP contribution >= 0.6 is 0 Å². The van der Waals surface area contributed by atoms with Gasteiger partial charge in [-0.25, -0.2) is 9.97 Å². The summed E-state index contributed by atoms with van der Waals surface area (Å²) in [5.74, 6) is 0.809. The maximum atomic E-state index is 12.3. The number of aromatic hydroxyl groups is 1. The minimum Gasteiger partial charge on any atom is -0.508 e. The number of hydrogen-bond acceptors (Lipinski definition) is 5. The molecule has 0 radical (unpaired) electrons. The first-order chi connectivity index (χ1) is 11.5. The summed E-state index contributed by atoms with van der Waals surface area (Å²) in [6, 6.07) is 6.74. The van der Waals surface area contributed by atoms with Gasteiger partial charge in [0.25, 0.3) is 0 Å². The Balaban J connectivity index is 1.71. The molecule has 1 aromatic carbocycles. The zero-order valence-corrected chi connectivity index (χ0v) is 14.0. The molecule has 126 valence electrons. The number of rotatable bonds is 4. The number of phenols is 1. The van der Waals surface area contributed by atoms with Crippen molar-refractivity contribution in [3.8, 4) is 5.75 Å². The maximum Gasteiger partial charge on any atom is 0.225 e. The Morgan fingerprint density at radius 2 is 2.25 bits per heavy atom. The number of anilines is 1. The first kappa shape index (κ1) is 16.2. The molecule has 0 aliphatic heterocycles. The second-order valence-electron chi connectivity index (χ2n) is 6.33. The van der Waals surface area contributed by atoms with E-state index in [0.29, 0.717) is 5.95 Å². The maximum absolute atomic E-state index is 12.3. The normalized spacial score (nSPS) is 16.3. The predicted molar refractivity (Wildman–Crippen MR) is 92.0 cm³/mol. The summed E-state index contributed by atoms with van der Waals surface area (Å²) in [5, 5.41) is 12.6. The van der Waals surface area contributed by atoms with Crippen LogP contribution in [0, 0.1) is 0 Å². The van der Waals surface area contributed by atoms with Crippen molar-refractivity contribution in [2.75, 3.05) is 19.0 Å². The van der Waals surface area contributed by atoms with E-state index in [9.17, 15) is 9.90 Å². The van der Waals surface area contributed by atoms with Crippen molar-refractivity contribution in [3.63, 3.8) is 0 Å². The Hall–Kier alpha value is -2.63. The molecule has 0 saturated heterocycles. The molecular formula is C18H22N4O2. The van der Waals surface area contributed by atoms with Gasteiger partial charge in [0, 0.05) is 25.9 Å². The van der Waals surface area contributed by atoms with Gasteiger partial charge in [0.2, 0.25) is 11.9 Å².